The lowest BCUT2D eigenvalue weighted by molar-refractivity contribution is 0.1000. The van der Waals surface area contributed by atoms with Crippen LogP contribution in [-0.2, 0) is 0 Å². The number of fused-ring (bicyclic) bond motifs is 1. The Bertz CT molecular complexity index is 972. The van der Waals surface area contributed by atoms with Gasteiger partial charge in [0, 0.05) is 11.6 Å². The average Bonchev–Trinajstić information content (AvgIpc) is 3.24. The van der Waals surface area contributed by atoms with Crippen LogP contribution in [0.2, 0.25) is 0 Å². The van der Waals surface area contributed by atoms with Crippen molar-refractivity contribution in [3.63, 3.8) is 0 Å². The van der Waals surface area contributed by atoms with Crippen molar-refractivity contribution in [3.8, 4) is 11.3 Å². The summed E-state index contributed by atoms with van der Waals surface area (Å²) < 4.78 is 6.81. The Balaban J connectivity index is 1.59. The molecule has 4 aromatic rings. The van der Waals surface area contributed by atoms with Gasteiger partial charge in [-0.25, -0.2) is 9.66 Å². The third kappa shape index (κ3) is 2.46. The highest BCUT2D eigenvalue weighted by Crippen LogP contribution is 2.20. The van der Waals surface area contributed by atoms with E-state index in [9.17, 15) is 4.79 Å². The summed E-state index contributed by atoms with van der Waals surface area (Å²) >= 11 is 0. The molecule has 0 aliphatic rings. The summed E-state index contributed by atoms with van der Waals surface area (Å²) in [4.78, 5) is 16.5. The van der Waals surface area contributed by atoms with E-state index in [1.54, 1.807) is 17.1 Å². The molecule has 1 amide bonds. The van der Waals surface area contributed by atoms with Crippen LogP contribution in [0.15, 0.2) is 71.5 Å². The summed E-state index contributed by atoms with van der Waals surface area (Å²) in [6, 6.07) is 18.6. The van der Waals surface area contributed by atoms with Crippen LogP contribution in [0.3, 0.4) is 0 Å². The van der Waals surface area contributed by atoms with E-state index in [0.29, 0.717) is 5.76 Å². The van der Waals surface area contributed by atoms with Crippen molar-refractivity contribution < 1.29 is 9.32 Å². The van der Waals surface area contributed by atoms with Crippen LogP contribution in [0.4, 0.5) is 0 Å². The summed E-state index contributed by atoms with van der Waals surface area (Å²) in [5.74, 6) is 0.185. The minimum atomic E-state index is -0.362. The van der Waals surface area contributed by atoms with Crippen molar-refractivity contribution in [1.82, 2.24) is 14.8 Å². The fourth-order valence-electron chi connectivity index (χ4n) is 2.34. The van der Waals surface area contributed by atoms with Crippen LogP contribution in [0.25, 0.3) is 22.4 Å². The Morgan fingerprint density at radius 1 is 1.04 bits per heavy atom. The Kier molecular flexibility index (Phi) is 3.12. The molecule has 2 heterocycles. The summed E-state index contributed by atoms with van der Waals surface area (Å²) in [6.45, 7) is 0. The van der Waals surface area contributed by atoms with Crippen molar-refractivity contribution in [3.05, 3.63) is 72.7 Å². The van der Waals surface area contributed by atoms with E-state index in [1.165, 1.54) is 0 Å². The first-order valence-corrected chi connectivity index (χ1v) is 7.07. The molecule has 0 fully saturated rings. The molecule has 0 aliphatic carbocycles. The van der Waals surface area contributed by atoms with Crippen LogP contribution in [0.5, 0.6) is 0 Å². The lowest BCUT2D eigenvalue weighted by Crippen LogP contribution is -2.22. The van der Waals surface area contributed by atoms with Gasteiger partial charge >= 0.3 is 0 Å². The highest BCUT2D eigenvalue weighted by atomic mass is 16.5. The van der Waals surface area contributed by atoms with E-state index in [2.05, 4.69) is 15.6 Å². The quantitative estimate of drug-likeness (QED) is 0.631. The van der Waals surface area contributed by atoms with E-state index in [4.69, 9.17) is 4.52 Å². The van der Waals surface area contributed by atoms with Crippen molar-refractivity contribution in [2.45, 2.75) is 0 Å². The average molecular weight is 304 g/mol. The molecule has 112 valence electrons. The molecule has 0 radical (unpaired) electrons. The van der Waals surface area contributed by atoms with E-state index in [0.717, 1.165) is 16.6 Å². The SMILES string of the molecule is O=C(Nn1cnc2ccccc21)c1cc(-c2ccccc2)on1. The first-order valence-electron chi connectivity index (χ1n) is 7.07. The molecule has 6 nitrogen and oxygen atoms in total. The highest BCUT2D eigenvalue weighted by Gasteiger charge is 2.14. The predicted molar refractivity (Wildman–Crippen MR) is 85.4 cm³/mol. The third-order valence-electron chi connectivity index (χ3n) is 3.48. The molecule has 4 rings (SSSR count). The van der Waals surface area contributed by atoms with Crippen molar-refractivity contribution in [1.29, 1.82) is 0 Å². The smallest absolute Gasteiger partial charge is 0.292 e. The van der Waals surface area contributed by atoms with Crippen molar-refractivity contribution in [2.75, 3.05) is 5.43 Å². The van der Waals surface area contributed by atoms with Gasteiger partial charge in [0.15, 0.2) is 11.5 Å². The van der Waals surface area contributed by atoms with Gasteiger partial charge < -0.3 is 4.52 Å². The molecule has 0 aliphatic heterocycles. The van der Waals surface area contributed by atoms with Crippen LogP contribution in [0.1, 0.15) is 10.5 Å². The van der Waals surface area contributed by atoms with Gasteiger partial charge in [-0.3, -0.25) is 10.2 Å². The maximum Gasteiger partial charge on any atom is 0.292 e. The van der Waals surface area contributed by atoms with Gasteiger partial charge in [0.05, 0.1) is 11.0 Å². The Hall–Kier alpha value is -3.41. The molecule has 0 unspecified atom stereocenters. The number of hydrogen-bond acceptors (Lipinski definition) is 4. The number of hydrogen-bond donors (Lipinski definition) is 1. The monoisotopic (exact) mass is 304 g/mol. The maximum atomic E-state index is 12.3. The fraction of sp³-hybridized carbons (Fsp3) is 0. The van der Waals surface area contributed by atoms with Crippen LogP contribution in [-0.4, -0.2) is 20.7 Å². The normalized spacial score (nSPS) is 10.8. The number of rotatable bonds is 3. The summed E-state index contributed by atoms with van der Waals surface area (Å²) in [5, 5.41) is 3.83. The highest BCUT2D eigenvalue weighted by molar-refractivity contribution is 5.99. The van der Waals surface area contributed by atoms with E-state index < -0.39 is 0 Å². The number of carbonyl (C=O) groups excluding carboxylic acids is 1. The molecule has 1 N–H and O–H groups in total. The van der Waals surface area contributed by atoms with Gasteiger partial charge in [-0.2, -0.15) is 0 Å². The third-order valence-corrected chi connectivity index (χ3v) is 3.48. The van der Waals surface area contributed by atoms with Crippen molar-refractivity contribution >= 4 is 16.9 Å². The Morgan fingerprint density at radius 3 is 2.70 bits per heavy atom. The Morgan fingerprint density at radius 2 is 1.83 bits per heavy atom. The topological polar surface area (TPSA) is 73.0 Å². The molecule has 0 saturated carbocycles. The predicted octanol–water partition coefficient (Wildman–Crippen LogP) is 3.08. The molecule has 2 aromatic carbocycles. The zero-order chi connectivity index (χ0) is 15.6. The second-order valence-corrected chi connectivity index (χ2v) is 4.99. The summed E-state index contributed by atoms with van der Waals surface area (Å²) in [5.41, 5.74) is 5.43. The molecule has 0 atom stereocenters. The number of nitrogens with one attached hydrogen (secondary N) is 1. The minimum Gasteiger partial charge on any atom is -0.355 e. The number of carbonyl (C=O) groups is 1. The standard InChI is InChI=1S/C17H12N4O2/c22-17(19-21-11-18-13-8-4-5-9-15(13)21)14-10-16(23-20-14)12-6-2-1-3-7-12/h1-11H,(H,19,22). The molecule has 2 aromatic heterocycles. The summed E-state index contributed by atoms with van der Waals surface area (Å²) in [7, 11) is 0. The van der Waals surface area contributed by atoms with Crippen LogP contribution in [0, 0.1) is 0 Å². The number of benzene rings is 2. The van der Waals surface area contributed by atoms with Gasteiger partial charge in [-0.15, -0.1) is 0 Å². The molecule has 23 heavy (non-hydrogen) atoms. The van der Waals surface area contributed by atoms with E-state index in [-0.39, 0.29) is 11.6 Å². The summed E-state index contributed by atoms with van der Waals surface area (Å²) in [6.07, 6.45) is 1.56. The molecule has 0 saturated heterocycles. The number of imidazole rings is 1. The second-order valence-electron chi connectivity index (χ2n) is 4.99. The molecular weight excluding hydrogens is 292 g/mol. The van der Waals surface area contributed by atoms with Crippen LogP contribution >= 0.6 is 0 Å². The van der Waals surface area contributed by atoms with Crippen molar-refractivity contribution in [2.24, 2.45) is 0 Å². The molecule has 6 heteroatoms. The van der Waals surface area contributed by atoms with Gasteiger partial charge in [-0.05, 0) is 12.1 Å². The number of nitrogens with zero attached hydrogens (tertiary/aromatic N) is 3. The zero-order valence-corrected chi connectivity index (χ0v) is 12.0. The fourth-order valence-corrected chi connectivity index (χ4v) is 2.34. The second kappa shape index (κ2) is 5.42. The van der Waals surface area contributed by atoms with Gasteiger partial charge in [0.1, 0.15) is 6.33 Å². The first kappa shape index (κ1) is 13.3. The largest absolute Gasteiger partial charge is 0.355 e. The zero-order valence-electron chi connectivity index (χ0n) is 12.0. The lowest BCUT2D eigenvalue weighted by atomic mass is 10.1. The van der Waals surface area contributed by atoms with E-state index in [1.807, 2.05) is 54.6 Å². The number of para-hydroxylation sites is 2. The van der Waals surface area contributed by atoms with Crippen LogP contribution < -0.4 is 5.43 Å². The van der Waals surface area contributed by atoms with Gasteiger partial charge in [0.2, 0.25) is 0 Å². The Labute approximate surface area is 131 Å². The molecular formula is C17H12N4O2. The van der Waals surface area contributed by atoms with Gasteiger partial charge in [-0.1, -0.05) is 47.6 Å². The minimum absolute atomic E-state index is 0.210. The van der Waals surface area contributed by atoms with Gasteiger partial charge in [0.25, 0.3) is 5.91 Å². The molecule has 0 bridgehead atoms. The lowest BCUT2D eigenvalue weighted by Gasteiger charge is -2.04. The molecule has 0 spiro atoms. The number of amides is 1. The number of aromatic nitrogens is 3. The first-order chi connectivity index (χ1) is 11.3. The van der Waals surface area contributed by atoms with E-state index >= 15 is 0 Å². The maximum absolute atomic E-state index is 12.3.